The average molecular weight is 775 g/mol. The quantitative estimate of drug-likeness (QED) is 0.0834. The first-order valence-electron chi connectivity index (χ1n) is 11.9. The molecule has 1 heterocycles. The highest BCUT2D eigenvalue weighted by Crippen LogP contribution is 2.35. The topological polar surface area (TPSA) is 164 Å². The summed E-state index contributed by atoms with van der Waals surface area (Å²) < 4.78 is 23.5. The van der Waals surface area contributed by atoms with Gasteiger partial charge in [0.2, 0.25) is 0 Å². The van der Waals surface area contributed by atoms with Gasteiger partial charge in [-0.2, -0.15) is 10.4 Å². The van der Waals surface area contributed by atoms with Gasteiger partial charge >= 0.3 is 12.0 Å². The number of hydrogen-bond donors (Lipinski definition) is 4. The first-order chi connectivity index (χ1) is 19.2. The Bertz CT molecular complexity index is 1340. The number of aliphatic hydroxyl groups excluding tert-OH is 1. The third kappa shape index (κ3) is 8.11. The molecule has 2 atom stereocenters. The number of carbonyl (C=O) groups is 2. The summed E-state index contributed by atoms with van der Waals surface area (Å²) in [6.07, 6.45) is 0.408. The number of nitriles is 1. The number of hydrazone groups is 1. The molecule has 1 aliphatic heterocycles. The first-order valence-corrected chi connectivity index (χ1v) is 14.1. The number of halogens is 2. The van der Waals surface area contributed by atoms with E-state index in [-0.39, 0.29) is 18.8 Å². The van der Waals surface area contributed by atoms with Crippen LogP contribution in [0.3, 0.4) is 0 Å². The molecule has 12 nitrogen and oxygen atoms in total. The largest absolute Gasteiger partial charge is 0.490 e. The number of ether oxygens (including phenoxy) is 4. The molecule has 0 aliphatic carbocycles. The Hall–Kier alpha value is -3.30. The number of esters is 1. The summed E-state index contributed by atoms with van der Waals surface area (Å²) in [7, 11) is 1.27. The summed E-state index contributed by atoms with van der Waals surface area (Å²) in [5.74, 6) is 0.782. The van der Waals surface area contributed by atoms with E-state index in [9.17, 15) is 14.7 Å². The molecule has 0 bridgehead atoms. The van der Waals surface area contributed by atoms with E-state index in [0.29, 0.717) is 35.1 Å². The van der Waals surface area contributed by atoms with Crippen LogP contribution in [0.2, 0.25) is 0 Å². The van der Waals surface area contributed by atoms with Crippen molar-refractivity contribution in [3.63, 3.8) is 0 Å². The highest BCUT2D eigenvalue weighted by atomic mass is 127. The molecule has 3 rings (SSSR count). The molecule has 0 saturated heterocycles. The summed E-state index contributed by atoms with van der Waals surface area (Å²) in [4.78, 5) is 24.5. The van der Waals surface area contributed by atoms with E-state index in [1.54, 1.807) is 31.3 Å². The molecule has 0 saturated carbocycles. The molecule has 0 spiro atoms. The monoisotopic (exact) mass is 775 g/mol. The second-order valence-corrected chi connectivity index (χ2v) is 10.5. The molecule has 0 fully saturated rings. The summed E-state index contributed by atoms with van der Waals surface area (Å²) in [5.41, 5.74) is 4.62. The SMILES string of the molecule is CCOc1cc([C@H]2NC(=O)NC(C)=C2C(=O)OC)ccc1OC[C@@H](O)N/N=C\c1cc(I)c(OCC#N)c(I)c1. The third-order valence-electron chi connectivity index (χ3n) is 5.41. The van der Waals surface area contributed by atoms with Gasteiger partial charge in [0.15, 0.2) is 24.3 Å². The van der Waals surface area contributed by atoms with Gasteiger partial charge in [-0.25, -0.2) is 9.59 Å². The Morgan fingerprint density at radius 3 is 2.60 bits per heavy atom. The van der Waals surface area contributed by atoms with Gasteiger partial charge in [0.1, 0.15) is 18.4 Å². The average Bonchev–Trinajstić information content (AvgIpc) is 2.91. The fourth-order valence-electron chi connectivity index (χ4n) is 3.72. The van der Waals surface area contributed by atoms with E-state index in [4.69, 9.17) is 24.2 Å². The molecular weight excluding hydrogens is 748 g/mol. The number of methoxy groups -OCH3 is 1. The molecule has 212 valence electrons. The van der Waals surface area contributed by atoms with Crippen molar-refractivity contribution >= 4 is 63.4 Å². The first kappa shape index (κ1) is 31.2. The lowest BCUT2D eigenvalue weighted by atomic mass is 9.95. The molecule has 4 N–H and O–H groups in total. The van der Waals surface area contributed by atoms with Crippen molar-refractivity contribution in [1.82, 2.24) is 16.1 Å². The molecule has 14 heteroatoms. The molecule has 2 aromatic carbocycles. The number of hydrogen-bond acceptors (Lipinski definition) is 10. The van der Waals surface area contributed by atoms with Gasteiger partial charge in [0.25, 0.3) is 0 Å². The Morgan fingerprint density at radius 2 is 1.95 bits per heavy atom. The van der Waals surface area contributed by atoms with Gasteiger partial charge in [0, 0.05) is 5.70 Å². The van der Waals surface area contributed by atoms with Crippen molar-refractivity contribution < 1.29 is 33.6 Å². The number of carbonyl (C=O) groups excluding carboxylic acids is 2. The fourth-order valence-corrected chi connectivity index (χ4v) is 5.84. The smallest absolute Gasteiger partial charge is 0.337 e. The Labute approximate surface area is 258 Å². The van der Waals surface area contributed by atoms with Crippen LogP contribution in [-0.2, 0) is 9.53 Å². The zero-order valence-electron chi connectivity index (χ0n) is 21.8. The predicted octanol–water partition coefficient (Wildman–Crippen LogP) is 3.32. The second-order valence-electron chi connectivity index (χ2n) is 8.18. The number of nitrogens with zero attached hydrogens (tertiary/aromatic N) is 2. The molecular formula is C26H27I2N5O7. The van der Waals surface area contributed by atoms with Crippen LogP contribution in [0.5, 0.6) is 17.2 Å². The lowest BCUT2D eigenvalue weighted by molar-refractivity contribution is -0.136. The lowest BCUT2D eigenvalue weighted by Gasteiger charge is -2.28. The zero-order valence-corrected chi connectivity index (χ0v) is 26.1. The van der Waals surface area contributed by atoms with E-state index in [0.717, 1.165) is 12.7 Å². The molecule has 0 unspecified atom stereocenters. The zero-order chi connectivity index (χ0) is 29.2. The maximum atomic E-state index is 12.4. The molecule has 0 aromatic heterocycles. The van der Waals surface area contributed by atoms with Crippen molar-refractivity contribution in [2.24, 2.45) is 5.10 Å². The molecule has 0 radical (unpaired) electrons. The van der Waals surface area contributed by atoms with Crippen LogP contribution >= 0.6 is 45.2 Å². The van der Waals surface area contributed by atoms with Gasteiger partial charge in [-0.3, -0.25) is 5.43 Å². The van der Waals surface area contributed by atoms with Crippen LogP contribution in [0.4, 0.5) is 4.79 Å². The van der Waals surface area contributed by atoms with Crippen LogP contribution in [0.1, 0.15) is 31.0 Å². The molecule has 2 aromatic rings. The number of nitrogens with one attached hydrogen (secondary N) is 3. The van der Waals surface area contributed by atoms with E-state index in [1.165, 1.54) is 7.11 Å². The summed E-state index contributed by atoms with van der Waals surface area (Å²) in [5, 5.41) is 28.5. The van der Waals surface area contributed by atoms with Crippen LogP contribution in [-0.4, -0.2) is 56.5 Å². The van der Waals surface area contributed by atoms with Crippen LogP contribution in [0.25, 0.3) is 0 Å². The molecule has 1 aliphatic rings. The van der Waals surface area contributed by atoms with Crippen molar-refractivity contribution in [3.8, 4) is 23.3 Å². The van der Waals surface area contributed by atoms with Crippen molar-refractivity contribution in [1.29, 1.82) is 5.26 Å². The van der Waals surface area contributed by atoms with Gasteiger partial charge in [-0.05, 0) is 94.4 Å². The van der Waals surface area contributed by atoms with E-state index in [1.807, 2.05) is 25.1 Å². The van der Waals surface area contributed by atoms with Crippen LogP contribution in [0, 0.1) is 18.5 Å². The Morgan fingerprint density at radius 1 is 1.23 bits per heavy atom. The molecule has 40 heavy (non-hydrogen) atoms. The predicted molar refractivity (Wildman–Crippen MR) is 162 cm³/mol. The minimum atomic E-state index is -1.14. The van der Waals surface area contributed by atoms with Crippen molar-refractivity contribution in [2.45, 2.75) is 26.1 Å². The maximum Gasteiger partial charge on any atom is 0.337 e. The third-order valence-corrected chi connectivity index (χ3v) is 7.01. The fraction of sp³-hybridized carbons (Fsp3) is 0.308. The summed E-state index contributed by atoms with van der Waals surface area (Å²) >= 11 is 4.24. The number of aliphatic hydroxyl groups is 1. The standard InChI is InChI=1S/C26H27I2N5O7/c1-4-38-20-11-16(23-22(25(35)37-3)14(2)31-26(36)32-23)5-6-19(20)40-13-21(34)33-30-12-15-9-17(27)24(18(28)10-15)39-8-7-29/h5-6,9-12,21,23,33-34H,4,8,13H2,1-3H3,(H2,31,32,36)/b30-12-/t21-,23-/m1/s1. The normalized spacial score (nSPS) is 15.5. The number of benzene rings is 2. The van der Waals surface area contributed by atoms with Crippen LogP contribution < -0.4 is 30.3 Å². The Kier molecular flexibility index (Phi) is 11.6. The van der Waals surface area contributed by atoms with E-state index >= 15 is 0 Å². The van der Waals surface area contributed by atoms with Crippen LogP contribution in [0.15, 0.2) is 46.7 Å². The minimum Gasteiger partial charge on any atom is -0.490 e. The maximum absolute atomic E-state index is 12.4. The van der Waals surface area contributed by atoms with Gasteiger partial charge < -0.3 is 34.7 Å². The highest BCUT2D eigenvalue weighted by molar-refractivity contribution is 14.1. The number of allylic oxidation sites excluding steroid dienone is 1. The van der Waals surface area contributed by atoms with E-state index < -0.39 is 24.3 Å². The number of urea groups is 1. The lowest BCUT2D eigenvalue weighted by Crippen LogP contribution is -2.45. The number of amides is 2. The van der Waals surface area contributed by atoms with Gasteiger partial charge in [-0.1, -0.05) is 6.07 Å². The minimum absolute atomic E-state index is 0.0409. The highest BCUT2D eigenvalue weighted by Gasteiger charge is 2.32. The van der Waals surface area contributed by atoms with E-state index in [2.05, 4.69) is 66.3 Å². The molecule has 2 amide bonds. The van der Waals surface area contributed by atoms with Crippen molar-refractivity contribution in [2.75, 3.05) is 26.9 Å². The van der Waals surface area contributed by atoms with Crippen molar-refractivity contribution in [3.05, 3.63) is 59.9 Å². The number of rotatable bonds is 12. The Balaban J connectivity index is 1.68. The summed E-state index contributed by atoms with van der Waals surface area (Å²) in [6, 6.07) is 9.41. The van der Waals surface area contributed by atoms with Gasteiger partial charge in [0.05, 0.1) is 38.7 Å². The van der Waals surface area contributed by atoms with Gasteiger partial charge in [-0.15, -0.1) is 0 Å². The second kappa shape index (κ2) is 14.9. The summed E-state index contributed by atoms with van der Waals surface area (Å²) in [6.45, 7) is 3.57.